The van der Waals surface area contributed by atoms with E-state index in [1.54, 1.807) is 0 Å². The molecule has 2 fully saturated rings. The number of carbonyl (C=O) groups is 5. The van der Waals surface area contributed by atoms with Crippen molar-refractivity contribution < 1.29 is 33.8 Å². The van der Waals surface area contributed by atoms with E-state index in [9.17, 15) is 24.0 Å². The van der Waals surface area contributed by atoms with Crippen molar-refractivity contribution in [3.63, 3.8) is 0 Å². The summed E-state index contributed by atoms with van der Waals surface area (Å²) < 4.78 is 4.88. The van der Waals surface area contributed by atoms with Gasteiger partial charge >= 0.3 is 5.97 Å². The maximum Gasteiger partial charge on any atom is 0.303 e. The normalized spacial score (nSPS) is 22.0. The van der Waals surface area contributed by atoms with E-state index in [0.29, 0.717) is 13.0 Å². The molecule has 4 amide bonds. The lowest BCUT2D eigenvalue weighted by Gasteiger charge is -2.41. The topological polar surface area (TPSA) is 145 Å². The molecule has 11 heteroatoms. The Hall–Kier alpha value is -2.69. The summed E-state index contributed by atoms with van der Waals surface area (Å²) in [6.07, 6.45) is 1.39. The minimum absolute atomic E-state index is 0.0124. The molecule has 2 aliphatic heterocycles. The van der Waals surface area contributed by atoms with Crippen LogP contribution in [-0.4, -0.2) is 96.5 Å². The molecular formula is C18H28N4O7. The number of ether oxygens (including phenoxy) is 1. The fourth-order valence-corrected chi connectivity index (χ4v) is 3.47. The SMILES string of the molecule is COCC(=O)N1CCN(C(=O)CCCC(=O)O)C[C@H]1C(=O)N[C@H]1CCCNC1=O. The average Bonchev–Trinajstić information content (AvgIpc) is 2.69. The fourth-order valence-electron chi connectivity index (χ4n) is 3.47. The number of methoxy groups -OCH3 is 1. The van der Waals surface area contributed by atoms with E-state index in [-0.39, 0.29) is 63.2 Å². The molecule has 11 nitrogen and oxygen atoms in total. The van der Waals surface area contributed by atoms with Gasteiger partial charge in [0.2, 0.25) is 23.6 Å². The van der Waals surface area contributed by atoms with Crippen LogP contribution in [0.25, 0.3) is 0 Å². The van der Waals surface area contributed by atoms with Crippen LogP contribution in [0.2, 0.25) is 0 Å². The molecule has 2 atom stereocenters. The second kappa shape index (κ2) is 10.7. The van der Waals surface area contributed by atoms with Crippen LogP contribution >= 0.6 is 0 Å². The predicted molar refractivity (Wildman–Crippen MR) is 99.6 cm³/mol. The zero-order valence-electron chi connectivity index (χ0n) is 16.5. The standard InChI is InChI=1S/C18H28N4O7/c1-29-11-15(24)22-9-8-21(14(23)5-2-6-16(25)26)10-13(22)18(28)20-12-4-3-7-19-17(12)27/h12-13H,2-11H2,1H3,(H,19,27)(H,20,28)(H,25,26)/t12-,13-/m0/s1. The van der Waals surface area contributed by atoms with Gasteiger partial charge in [0.1, 0.15) is 18.7 Å². The van der Waals surface area contributed by atoms with E-state index in [4.69, 9.17) is 9.84 Å². The highest BCUT2D eigenvalue weighted by Crippen LogP contribution is 2.14. The molecule has 0 saturated carbocycles. The lowest BCUT2D eigenvalue weighted by molar-refractivity contribution is -0.151. The third-order valence-corrected chi connectivity index (χ3v) is 5.01. The number of piperidine rings is 1. The maximum absolute atomic E-state index is 12.9. The van der Waals surface area contributed by atoms with Gasteiger partial charge in [-0.05, 0) is 19.3 Å². The number of amides is 4. The highest BCUT2D eigenvalue weighted by molar-refractivity contribution is 5.93. The number of nitrogens with one attached hydrogen (secondary N) is 2. The van der Waals surface area contributed by atoms with Crippen LogP contribution in [0.4, 0.5) is 0 Å². The molecule has 2 heterocycles. The minimum atomic E-state index is -0.976. The summed E-state index contributed by atoms with van der Waals surface area (Å²) in [5, 5.41) is 14.1. The van der Waals surface area contributed by atoms with Gasteiger partial charge in [-0.1, -0.05) is 0 Å². The van der Waals surface area contributed by atoms with Crippen molar-refractivity contribution in [2.45, 2.75) is 44.2 Å². The van der Waals surface area contributed by atoms with Gasteiger partial charge < -0.3 is 30.3 Å². The summed E-state index contributed by atoms with van der Waals surface area (Å²) in [5.41, 5.74) is 0. The van der Waals surface area contributed by atoms with E-state index < -0.39 is 24.0 Å². The minimum Gasteiger partial charge on any atom is -0.481 e. The molecule has 29 heavy (non-hydrogen) atoms. The molecule has 0 unspecified atom stereocenters. The van der Waals surface area contributed by atoms with Gasteiger partial charge in [-0.2, -0.15) is 0 Å². The number of carboxylic acid groups (broad SMARTS) is 1. The fraction of sp³-hybridized carbons (Fsp3) is 0.722. The van der Waals surface area contributed by atoms with Gasteiger partial charge in [0.15, 0.2) is 0 Å². The van der Waals surface area contributed by atoms with E-state index in [2.05, 4.69) is 10.6 Å². The molecule has 3 N–H and O–H groups in total. The lowest BCUT2D eigenvalue weighted by Crippen LogP contribution is -2.64. The van der Waals surface area contributed by atoms with E-state index in [1.807, 2.05) is 0 Å². The second-order valence-corrected chi connectivity index (χ2v) is 7.12. The molecule has 0 bridgehead atoms. The Labute approximate surface area is 168 Å². The van der Waals surface area contributed by atoms with Crippen molar-refractivity contribution in [2.75, 3.05) is 39.9 Å². The van der Waals surface area contributed by atoms with Crippen LogP contribution in [-0.2, 0) is 28.7 Å². The van der Waals surface area contributed by atoms with Gasteiger partial charge in [0, 0.05) is 39.6 Å². The molecule has 2 aliphatic rings. The van der Waals surface area contributed by atoms with Gasteiger partial charge in [0.05, 0.1) is 6.54 Å². The Kier molecular flexibility index (Phi) is 8.37. The first-order chi connectivity index (χ1) is 13.8. The number of aliphatic carboxylic acids is 1. The Morgan fingerprint density at radius 3 is 2.62 bits per heavy atom. The monoisotopic (exact) mass is 412 g/mol. The molecule has 162 valence electrons. The van der Waals surface area contributed by atoms with Crippen LogP contribution in [0.5, 0.6) is 0 Å². The molecule has 0 radical (unpaired) electrons. The van der Waals surface area contributed by atoms with Crippen LogP contribution in [0.3, 0.4) is 0 Å². The van der Waals surface area contributed by atoms with Crippen molar-refractivity contribution >= 4 is 29.6 Å². The largest absolute Gasteiger partial charge is 0.481 e. The smallest absolute Gasteiger partial charge is 0.303 e. The van der Waals surface area contributed by atoms with Crippen molar-refractivity contribution in [2.24, 2.45) is 0 Å². The highest BCUT2D eigenvalue weighted by atomic mass is 16.5. The van der Waals surface area contributed by atoms with Crippen LogP contribution in [0.1, 0.15) is 32.1 Å². The predicted octanol–water partition coefficient (Wildman–Crippen LogP) is -1.68. The van der Waals surface area contributed by atoms with Gasteiger partial charge in [-0.3, -0.25) is 24.0 Å². The number of carbonyl (C=O) groups excluding carboxylic acids is 4. The molecule has 0 aromatic carbocycles. The summed E-state index contributed by atoms with van der Waals surface area (Å²) in [7, 11) is 1.38. The van der Waals surface area contributed by atoms with Gasteiger partial charge in [-0.25, -0.2) is 0 Å². The molecule has 0 aromatic rings. The molecular weight excluding hydrogens is 384 g/mol. The molecule has 0 aliphatic carbocycles. The second-order valence-electron chi connectivity index (χ2n) is 7.12. The Balaban J connectivity index is 2.05. The summed E-state index contributed by atoms with van der Waals surface area (Å²) >= 11 is 0. The maximum atomic E-state index is 12.9. The molecule has 0 aromatic heterocycles. The van der Waals surface area contributed by atoms with Crippen LogP contribution < -0.4 is 10.6 Å². The number of carboxylic acids is 1. The summed E-state index contributed by atoms with van der Waals surface area (Å²) in [4.78, 5) is 63.0. The molecule has 2 rings (SSSR count). The lowest BCUT2D eigenvalue weighted by atomic mass is 10.0. The quantitative estimate of drug-likeness (QED) is 0.432. The number of hydrogen-bond acceptors (Lipinski definition) is 6. The number of piperazine rings is 1. The van der Waals surface area contributed by atoms with E-state index in [0.717, 1.165) is 6.42 Å². The summed E-state index contributed by atoms with van der Waals surface area (Å²) in [6.45, 7) is 0.754. The first-order valence-corrected chi connectivity index (χ1v) is 9.69. The first-order valence-electron chi connectivity index (χ1n) is 9.69. The van der Waals surface area contributed by atoms with Crippen molar-refractivity contribution in [1.29, 1.82) is 0 Å². The highest BCUT2D eigenvalue weighted by Gasteiger charge is 2.38. The Morgan fingerprint density at radius 1 is 1.21 bits per heavy atom. The third kappa shape index (κ3) is 6.41. The third-order valence-electron chi connectivity index (χ3n) is 5.01. The summed E-state index contributed by atoms with van der Waals surface area (Å²) in [6, 6.07) is -1.61. The number of rotatable bonds is 8. The molecule has 2 saturated heterocycles. The van der Waals surface area contributed by atoms with Gasteiger partial charge in [-0.15, -0.1) is 0 Å². The molecule has 0 spiro atoms. The van der Waals surface area contributed by atoms with Crippen molar-refractivity contribution in [1.82, 2.24) is 20.4 Å². The summed E-state index contributed by atoms with van der Waals surface area (Å²) in [5.74, 6) is -2.39. The number of nitrogens with zero attached hydrogens (tertiary/aromatic N) is 2. The Bertz CT molecular complexity index is 654. The van der Waals surface area contributed by atoms with Crippen LogP contribution in [0, 0.1) is 0 Å². The van der Waals surface area contributed by atoms with Crippen LogP contribution in [0.15, 0.2) is 0 Å². The average molecular weight is 412 g/mol. The number of hydrogen-bond donors (Lipinski definition) is 3. The zero-order chi connectivity index (χ0) is 21.4. The zero-order valence-corrected chi connectivity index (χ0v) is 16.5. The first kappa shape index (κ1) is 22.6. The van der Waals surface area contributed by atoms with E-state index in [1.165, 1.54) is 16.9 Å². The van der Waals surface area contributed by atoms with Crippen molar-refractivity contribution in [3.05, 3.63) is 0 Å². The Morgan fingerprint density at radius 2 is 1.97 bits per heavy atom. The van der Waals surface area contributed by atoms with E-state index >= 15 is 0 Å². The van der Waals surface area contributed by atoms with Gasteiger partial charge in [0.25, 0.3) is 0 Å². The van der Waals surface area contributed by atoms with Crippen molar-refractivity contribution in [3.8, 4) is 0 Å².